The van der Waals surface area contributed by atoms with Gasteiger partial charge in [0.15, 0.2) is 0 Å². The molecule has 2 aromatic rings. The summed E-state index contributed by atoms with van der Waals surface area (Å²) in [4.78, 5) is 17.5. The van der Waals surface area contributed by atoms with Crippen LogP contribution in [0.25, 0.3) is 0 Å². The van der Waals surface area contributed by atoms with Crippen LogP contribution in [0.2, 0.25) is 10.0 Å². The lowest BCUT2D eigenvalue weighted by atomic mass is 9.95. The van der Waals surface area contributed by atoms with Crippen molar-refractivity contribution in [3.05, 3.63) is 58.1 Å². The Morgan fingerprint density at radius 3 is 2.17 bits per heavy atom. The number of nitrogens with zero attached hydrogens (tertiary/aromatic N) is 2. The lowest BCUT2D eigenvalue weighted by Crippen LogP contribution is -2.37. The number of carbonyl (C=O) groups excluding carboxylic acids is 1. The van der Waals surface area contributed by atoms with Crippen LogP contribution in [0.5, 0.6) is 0 Å². The fourth-order valence-corrected chi connectivity index (χ4v) is 4.93. The molecular weight excluding hydrogens is 417 g/mol. The zero-order valence-electron chi connectivity index (χ0n) is 17.2. The smallest absolute Gasteiger partial charge is 0.227 e. The third-order valence-electron chi connectivity index (χ3n) is 6.26. The molecule has 4 nitrogen and oxygen atoms in total. The second-order valence-corrected chi connectivity index (χ2v) is 9.15. The number of nitrogens with one attached hydrogen (secondary N) is 1. The molecule has 2 aliphatic rings. The van der Waals surface area contributed by atoms with Crippen molar-refractivity contribution >= 4 is 40.5 Å². The van der Waals surface area contributed by atoms with Crippen molar-refractivity contribution in [2.45, 2.75) is 38.6 Å². The predicted molar refractivity (Wildman–Crippen MR) is 126 cm³/mol. The van der Waals surface area contributed by atoms with Gasteiger partial charge in [0.2, 0.25) is 5.91 Å². The highest BCUT2D eigenvalue weighted by Crippen LogP contribution is 2.28. The first-order valence-corrected chi connectivity index (χ1v) is 11.7. The molecule has 0 radical (unpaired) electrons. The highest BCUT2D eigenvalue weighted by Gasteiger charge is 2.26. The maximum atomic E-state index is 12.7. The topological polar surface area (TPSA) is 35.6 Å². The van der Waals surface area contributed by atoms with E-state index in [9.17, 15) is 4.79 Å². The number of hydrogen-bond donors (Lipinski definition) is 1. The third-order valence-corrected chi connectivity index (χ3v) is 6.97. The number of piperidine rings is 2. The molecule has 1 N–H and O–H groups in total. The van der Waals surface area contributed by atoms with Gasteiger partial charge in [-0.25, -0.2) is 0 Å². The molecule has 0 atom stereocenters. The van der Waals surface area contributed by atoms with Crippen LogP contribution in [0.15, 0.2) is 42.5 Å². The maximum Gasteiger partial charge on any atom is 0.227 e. The van der Waals surface area contributed by atoms with E-state index in [1.54, 1.807) is 0 Å². The highest BCUT2D eigenvalue weighted by molar-refractivity contribution is 6.35. The summed E-state index contributed by atoms with van der Waals surface area (Å²) in [5, 5.41) is 4.51. The van der Waals surface area contributed by atoms with Gasteiger partial charge in [0.25, 0.3) is 0 Å². The van der Waals surface area contributed by atoms with Crippen molar-refractivity contribution in [2.24, 2.45) is 5.92 Å². The zero-order valence-corrected chi connectivity index (χ0v) is 18.8. The fourth-order valence-electron chi connectivity index (χ4n) is 4.41. The minimum atomic E-state index is 0.0461. The van der Waals surface area contributed by atoms with E-state index in [-0.39, 0.29) is 11.8 Å². The number of hydrogen-bond acceptors (Lipinski definition) is 3. The van der Waals surface area contributed by atoms with Gasteiger partial charge in [0.1, 0.15) is 0 Å². The molecule has 160 valence electrons. The van der Waals surface area contributed by atoms with E-state index >= 15 is 0 Å². The maximum absolute atomic E-state index is 12.7. The van der Waals surface area contributed by atoms with Crippen LogP contribution < -0.4 is 10.2 Å². The second-order valence-electron chi connectivity index (χ2n) is 8.33. The number of rotatable bonds is 5. The predicted octanol–water partition coefficient (Wildman–Crippen LogP) is 5.83. The van der Waals surface area contributed by atoms with Crippen LogP contribution in [0.3, 0.4) is 0 Å². The molecule has 0 bridgehead atoms. The molecule has 0 aromatic heterocycles. The number of benzene rings is 2. The average Bonchev–Trinajstić information content (AvgIpc) is 2.78. The van der Waals surface area contributed by atoms with Crippen LogP contribution in [0.1, 0.15) is 37.7 Å². The summed E-state index contributed by atoms with van der Waals surface area (Å²) >= 11 is 12.6. The van der Waals surface area contributed by atoms with E-state index in [4.69, 9.17) is 23.2 Å². The van der Waals surface area contributed by atoms with Gasteiger partial charge in [-0.05, 0) is 81.6 Å². The number of anilines is 2. The van der Waals surface area contributed by atoms with Gasteiger partial charge >= 0.3 is 0 Å². The average molecular weight is 446 g/mol. The Bertz CT molecular complexity index is 837. The lowest BCUT2D eigenvalue weighted by molar-refractivity contribution is -0.121. The molecule has 2 aliphatic heterocycles. The molecule has 6 heteroatoms. The zero-order chi connectivity index (χ0) is 20.9. The first-order valence-electron chi connectivity index (χ1n) is 10.9. The van der Waals surface area contributed by atoms with E-state index in [2.05, 4.69) is 27.2 Å². The summed E-state index contributed by atoms with van der Waals surface area (Å²) in [6.07, 6.45) is 5.55. The Morgan fingerprint density at radius 2 is 1.53 bits per heavy atom. The third kappa shape index (κ3) is 5.29. The van der Waals surface area contributed by atoms with Crippen molar-refractivity contribution in [2.75, 3.05) is 36.4 Å². The first kappa shape index (κ1) is 21.5. The Kier molecular flexibility index (Phi) is 7.19. The SMILES string of the molecule is O=C(Nc1ccc(N2CCCCC2)cc1)C1CCN(Cc2c(Cl)cccc2Cl)CC1. The summed E-state index contributed by atoms with van der Waals surface area (Å²) in [5.41, 5.74) is 3.10. The molecule has 4 rings (SSSR count). The molecular formula is C24H29Cl2N3O. The number of likely N-dealkylation sites (tertiary alicyclic amines) is 1. The molecule has 2 fully saturated rings. The molecule has 0 spiro atoms. The van der Waals surface area contributed by atoms with Gasteiger partial charge in [-0.2, -0.15) is 0 Å². The summed E-state index contributed by atoms with van der Waals surface area (Å²) < 4.78 is 0. The summed E-state index contributed by atoms with van der Waals surface area (Å²) in [5.74, 6) is 0.167. The molecule has 30 heavy (non-hydrogen) atoms. The van der Waals surface area contributed by atoms with Crippen molar-refractivity contribution in [1.29, 1.82) is 0 Å². The van der Waals surface area contributed by atoms with Gasteiger partial charge in [-0.15, -0.1) is 0 Å². The van der Waals surface area contributed by atoms with Crippen molar-refractivity contribution in [1.82, 2.24) is 4.90 Å². The van der Waals surface area contributed by atoms with Crippen molar-refractivity contribution in [3.63, 3.8) is 0 Å². The van der Waals surface area contributed by atoms with Gasteiger partial charge in [-0.1, -0.05) is 29.3 Å². The highest BCUT2D eigenvalue weighted by atomic mass is 35.5. The van der Waals surface area contributed by atoms with Gasteiger partial charge in [-0.3, -0.25) is 9.69 Å². The number of amides is 1. The van der Waals surface area contributed by atoms with Crippen LogP contribution in [-0.2, 0) is 11.3 Å². The molecule has 2 heterocycles. The number of carbonyl (C=O) groups is 1. The normalized spacial score (nSPS) is 18.4. The molecule has 0 saturated carbocycles. The fraction of sp³-hybridized carbons (Fsp3) is 0.458. The second kappa shape index (κ2) is 10.0. The Hall–Kier alpha value is -1.75. The standard InChI is InChI=1S/C24H29Cl2N3O/c25-22-5-4-6-23(26)21(22)17-28-15-11-18(12-16-28)24(30)27-19-7-9-20(10-8-19)29-13-2-1-3-14-29/h4-10,18H,1-3,11-17H2,(H,27,30). The first-order chi connectivity index (χ1) is 14.6. The Labute approximate surface area is 189 Å². The summed E-state index contributed by atoms with van der Waals surface area (Å²) in [7, 11) is 0. The van der Waals surface area contributed by atoms with Gasteiger partial charge in [0, 0.05) is 52.5 Å². The quantitative estimate of drug-likeness (QED) is 0.627. The summed E-state index contributed by atoms with van der Waals surface area (Å²) in [6.45, 7) is 4.72. The molecule has 1 amide bonds. The Balaban J connectivity index is 1.27. The Morgan fingerprint density at radius 1 is 0.900 bits per heavy atom. The molecule has 2 aromatic carbocycles. The van der Waals surface area contributed by atoms with Crippen LogP contribution in [0.4, 0.5) is 11.4 Å². The summed E-state index contributed by atoms with van der Waals surface area (Å²) in [6, 6.07) is 13.9. The van der Waals surface area contributed by atoms with E-state index < -0.39 is 0 Å². The molecule has 0 unspecified atom stereocenters. The minimum Gasteiger partial charge on any atom is -0.372 e. The molecule has 2 saturated heterocycles. The van der Waals surface area contributed by atoms with Crippen LogP contribution in [-0.4, -0.2) is 37.0 Å². The van der Waals surface area contributed by atoms with E-state index in [1.165, 1.54) is 24.9 Å². The lowest BCUT2D eigenvalue weighted by Gasteiger charge is -2.31. The molecule has 0 aliphatic carbocycles. The monoisotopic (exact) mass is 445 g/mol. The van der Waals surface area contributed by atoms with E-state index in [0.29, 0.717) is 10.0 Å². The van der Waals surface area contributed by atoms with Crippen molar-refractivity contribution in [3.8, 4) is 0 Å². The largest absolute Gasteiger partial charge is 0.372 e. The minimum absolute atomic E-state index is 0.0461. The van der Waals surface area contributed by atoms with E-state index in [0.717, 1.165) is 56.8 Å². The van der Waals surface area contributed by atoms with Crippen LogP contribution >= 0.6 is 23.2 Å². The van der Waals surface area contributed by atoms with Crippen molar-refractivity contribution < 1.29 is 4.79 Å². The van der Waals surface area contributed by atoms with E-state index in [1.807, 2.05) is 30.3 Å². The van der Waals surface area contributed by atoms with Crippen LogP contribution in [0, 0.1) is 5.92 Å². The number of halogens is 2. The van der Waals surface area contributed by atoms with Gasteiger partial charge in [0.05, 0.1) is 0 Å². The van der Waals surface area contributed by atoms with Gasteiger partial charge < -0.3 is 10.2 Å².